The number of hydrogen-bond acceptors (Lipinski definition) is 3. The fourth-order valence-corrected chi connectivity index (χ4v) is 2.25. The average molecular weight is 292 g/mol. The van der Waals surface area contributed by atoms with Gasteiger partial charge in [0.25, 0.3) is 0 Å². The third kappa shape index (κ3) is 3.24. The lowest BCUT2D eigenvalue weighted by Gasteiger charge is -2.15. The average Bonchev–Trinajstić information content (AvgIpc) is 2.76. The molecule has 3 amide bonds. The molecule has 1 aromatic heterocycles. The SMILES string of the molecule is Cc1c[nH]c(CNC(=O)CN2CCN(C)C2=O)c(C)c1=O. The summed E-state index contributed by atoms with van der Waals surface area (Å²) in [6.45, 7) is 4.95. The molecule has 0 atom stereocenters. The highest BCUT2D eigenvalue weighted by atomic mass is 16.2. The first-order valence-electron chi connectivity index (χ1n) is 6.84. The Morgan fingerprint density at radius 2 is 2.05 bits per heavy atom. The number of rotatable bonds is 4. The zero-order valence-corrected chi connectivity index (χ0v) is 12.5. The Morgan fingerprint density at radius 3 is 2.67 bits per heavy atom. The van der Waals surface area contributed by atoms with Crippen molar-refractivity contribution in [1.82, 2.24) is 20.1 Å². The van der Waals surface area contributed by atoms with E-state index in [0.29, 0.717) is 29.9 Å². The van der Waals surface area contributed by atoms with Gasteiger partial charge < -0.3 is 20.1 Å². The van der Waals surface area contributed by atoms with Crippen molar-refractivity contribution in [2.45, 2.75) is 20.4 Å². The van der Waals surface area contributed by atoms with Crippen molar-refractivity contribution >= 4 is 11.9 Å². The Hall–Kier alpha value is -2.31. The van der Waals surface area contributed by atoms with Crippen molar-refractivity contribution < 1.29 is 9.59 Å². The van der Waals surface area contributed by atoms with Gasteiger partial charge in [-0.25, -0.2) is 4.79 Å². The monoisotopic (exact) mass is 292 g/mol. The van der Waals surface area contributed by atoms with Crippen molar-refractivity contribution in [3.05, 3.63) is 33.2 Å². The van der Waals surface area contributed by atoms with Crippen LogP contribution in [0, 0.1) is 13.8 Å². The predicted molar refractivity (Wildman–Crippen MR) is 78.0 cm³/mol. The molecule has 114 valence electrons. The molecule has 0 aliphatic carbocycles. The summed E-state index contributed by atoms with van der Waals surface area (Å²) in [6, 6.07) is -0.134. The van der Waals surface area contributed by atoms with Gasteiger partial charge in [-0.2, -0.15) is 0 Å². The maximum absolute atomic E-state index is 11.9. The number of carbonyl (C=O) groups excluding carboxylic acids is 2. The van der Waals surface area contributed by atoms with Crippen LogP contribution in [0.1, 0.15) is 16.8 Å². The fourth-order valence-electron chi connectivity index (χ4n) is 2.25. The molecule has 0 unspecified atom stereocenters. The first-order chi connectivity index (χ1) is 9.90. The quantitative estimate of drug-likeness (QED) is 0.817. The van der Waals surface area contributed by atoms with E-state index in [1.54, 1.807) is 32.0 Å². The lowest BCUT2D eigenvalue weighted by molar-refractivity contribution is -0.121. The second-order valence-corrected chi connectivity index (χ2v) is 5.31. The van der Waals surface area contributed by atoms with Crippen molar-refractivity contribution in [3.8, 4) is 0 Å². The molecule has 2 N–H and O–H groups in total. The number of hydrogen-bond donors (Lipinski definition) is 2. The summed E-state index contributed by atoms with van der Waals surface area (Å²) in [5.74, 6) is -0.237. The summed E-state index contributed by atoms with van der Waals surface area (Å²) in [5, 5.41) is 2.73. The number of pyridine rings is 1. The summed E-state index contributed by atoms with van der Waals surface area (Å²) in [4.78, 5) is 41.4. The summed E-state index contributed by atoms with van der Waals surface area (Å²) in [5.41, 5.74) is 1.92. The second-order valence-electron chi connectivity index (χ2n) is 5.31. The van der Waals surface area contributed by atoms with E-state index >= 15 is 0 Å². The van der Waals surface area contributed by atoms with Gasteiger partial charge in [-0.15, -0.1) is 0 Å². The number of aryl methyl sites for hydroxylation is 1. The van der Waals surface area contributed by atoms with Crippen LogP contribution in [-0.4, -0.2) is 53.4 Å². The van der Waals surface area contributed by atoms with E-state index in [9.17, 15) is 14.4 Å². The van der Waals surface area contributed by atoms with Crippen LogP contribution >= 0.6 is 0 Å². The van der Waals surface area contributed by atoms with Gasteiger partial charge in [0.05, 0.1) is 6.54 Å². The Kier molecular flexibility index (Phi) is 4.30. The highest BCUT2D eigenvalue weighted by Crippen LogP contribution is 2.05. The number of likely N-dealkylation sites (N-methyl/N-ethyl adjacent to an activating group) is 1. The minimum absolute atomic E-state index is 0.0191. The van der Waals surface area contributed by atoms with Gasteiger partial charge in [-0.05, 0) is 13.8 Å². The van der Waals surface area contributed by atoms with Gasteiger partial charge in [0.2, 0.25) is 5.91 Å². The number of nitrogens with zero attached hydrogens (tertiary/aromatic N) is 2. The molecule has 0 bridgehead atoms. The summed E-state index contributed by atoms with van der Waals surface area (Å²) < 4.78 is 0. The Morgan fingerprint density at radius 1 is 1.33 bits per heavy atom. The second kappa shape index (κ2) is 5.99. The van der Waals surface area contributed by atoms with E-state index in [1.807, 2.05) is 0 Å². The van der Waals surface area contributed by atoms with Crippen molar-refractivity contribution in [1.29, 1.82) is 0 Å². The molecule has 0 spiro atoms. The molecular weight excluding hydrogens is 272 g/mol. The Bertz CT molecular complexity index is 623. The van der Waals surface area contributed by atoms with Crippen LogP contribution < -0.4 is 10.7 Å². The summed E-state index contributed by atoms with van der Waals surface area (Å²) >= 11 is 0. The molecule has 7 nitrogen and oxygen atoms in total. The van der Waals surface area contributed by atoms with Crippen molar-refractivity contribution in [2.75, 3.05) is 26.7 Å². The number of H-pyrrole nitrogens is 1. The first kappa shape index (κ1) is 15.1. The molecule has 1 saturated heterocycles. The predicted octanol–water partition coefficient (Wildman–Crippen LogP) is -0.0247. The van der Waals surface area contributed by atoms with Crippen LogP contribution in [0.15, 0.2) is 11.0 Å². The Balaban J connectivity index is 1.92. The minimum atomic E-state index is -0.237. The van der Waals surface area contributed by atoms with Gasteiger partial charge in [-0.3, -0.25) is 9.59 Å². The number of carbonyl (C=O) groups is 2. The number of amides is 3. The zero-order chi connectivity index (χ0) is 15.6. The van der Waals surface area contributed by atoms with E-state index in [4.69, 9.17) is 0 Å². The first-order valence-corrected chi connectivity index (χ1v) is 6.84. The van der Waals surface area contributed by atoms with Crippen LogP contribution in [0.5, 0.6) is 0 Å². The van der Waals surface area contributed by atoms with Crippen LogP contribution in [0.2, 0.25) is 0 Å². The topological polar surface area (TPSA) is 85.5 Å². The maximum atomic E-state index is 11.9. The molecule has 1 aromatic rings. The van der Waals surface area contributed by atoms with Gasteiger partial charge in [0.1, 0.15) is 6.54 Å². The van der Waals surface area contributed by atoms with Crippen LogP contribution in [-0.2, 0) is 11.3 Å². The molecule has 7 heteroatoms. The van der Waals surface area contributed by atoms with Crippen molar-refractivity contribution in [2.24, 2.45) is 0 Å². The molecule has 1 aliphatic heterocycles. The molecule has 2 heterocycles. The summed E-state index contributed by atoms with van der Waals surface area (Å²) in [6.07, 6.45) is 1.63. The highest BCUT2D eigenvalue weighted by Gasteiger charge is 2.26. The molecule has 21 heavy (non-hydrogen) atoms. The highest BCUT2D eigenvalue weighted by molar-refractivity contribution is 5.84. The number of urea groups is 1. The largest absolute Gasteiger partial charge is 0.363 e. The molecule has 2 rings (SSSR count). The van der Waals surface area contributed by atoms with Crippen LogP contribution in [0.3, 0.4) is 0 Å². The standard InChI is InChI=1S/C14H20N4O3/c1-9-6-15-11(10(2)13(9)20)7-16-12(19)8-18-5-4-17(3)14(18)21/h6H,4-5,7-8H2,1-3H3,(H,15,20)(H,16,19). The molecule has 0 saturated carbocycles. The molecular formula is C14H20N4O3. The third-order valence-corrected chi connectivity index (χ3v) is 3.71. The van der Waals surface area contributed by atoms with E-state index in [0.717, 1.165) is 0 Å². The van der Waals surface area contributed by atoms with Gasteiger partial charge in [0, 0.05) is 43.2 Å². The normalized spacial score (nSPS) is 14.7. The lowest BCUT2D eigenvalue weighted by Crippen LogP contribution is -2.39. The zero-order valence-electron chi connectivity index (χ0n) is 12.5. The van der Waals surface area contributed by atoms with E-state index < -0.39 is 0 Å². The van der Waals surface area contributed by atoms with Gasteiger partial charge in [-0.1, -0.05) is 0 Å². The fraction of sp³-hybridized carbons (Fsp3) is 0.500. The molecule has 0 aromatic carbocycles. The van der Waals surface area contributed by atoms with Gasteiger partial charge >= 0.3 is 6.03 Å². The number of nitrogens with one attached hydrogen (secondary N) is 2. The van der Waals surface area contributed by atoms with E-state index in [-0.39, 0.29) is 30.5 Å². The Labute approximate surface area is 122 Å². The molecule has 0 radical (unpaired) electrons. The van der Waals surface area contributed by atoms with Gasteiger partial charge in [0.15, 0.2) is 5.43 Å². The number of aromatic amines is 1. The minimum Gasteiger partial charge on any atom is -0.363 e. The van der Waals surface area contributed by atoms with Crippen LogP contribution in [0.25, 0.3) is 0 Å². The van der Waals surface area contributed by atoms with E-state index in [2.05, 4.69) is 10.3 Å². The third-order valence-electron chi connectivity index (χ3n) is 3.71. The summed E-state index contributed by atoms with van der Waals surface area (Å²) in [7, 11) is 1.71. The van der Waals surface area contributed by atoms with Crippen molar-refractivity contribution in [3.63, 3.8) is 0 Å². The smallest absolute Gasteiger partial charge is 0.320 e. The number of aromatic nitrogens is 1. The molecule has 1 fully saturated rings. The molecule has 1 aliphatic rings. The maximum Gasteiger partial charge on any atom is 0.320 e. The lowest BCUT2D eigenvalue weighted by atomic mass is 10.1. The van der Waals surface area contributed by atoms with E-state index in [1.165, 1.54) is 4.90 Å². The van der Waals surface area contributed by atoms with Crippen LogP contribution in [0.4, 0.5) is 4.79 Å².